The van der Waals surface area contributed by atoms with Crippen LogP contribution in [0.15, 0.2) is 17.3 Å². The number of aromatic nitrogens is 2. The second kappa shape index (κ2) is 5.42. The van der Waals surface area contributed by atoms with Crippen LogP contribution in [0, 0.1) is 11.8 Å². The lowest BCUT2D eigenvalue weighted by Gasteiger charge is -2.34. The average molecular weight is 284 g/mol. The first-order valence-electron chi connectivity index (χ1n) is 6.50. The monoisotopic (exact) mass is 284 g/mol. The Hall–Kier alpha value is -1.21. The van der Waals surface area contributed by atoms with Gasteiger partial charge in [-0.2, -0.15) is 0 Å². The Morgan fingerprint density at radius 2 is 1.89 bits per heavy atom. The number of anilines is 1. The third-order valence-electron chi connectivity index (χ3n) is 3.97. The molecule has 106 valence electrons. The molecule has 3 unspecified atom stereocenters. The van der Waals surface area contributed by atoms with E-state index < -0.39 is 10.0 Å². The molecular weight excluding hydrogens is 264 g/mol. The van der Waals surface area contributed by atoms with Crippen LogP contribution in [-0.2, 0) is 10.0 Å². The molecule has 1 aromatic rings. The molecule has 1 aliphatic rings. The van der Waals surface area contributed by atoms with E-state index in [1.807, 2.05) is 0 Å². The molecule has 1 saturated carbocycles. The number of nitrogens with one attached hydrogen (secondary N) is 1. The molecule has 0 saturated heterocycles. The molecule has 1 aliphatic carbocycles. The van der Waals surface area contributed by atoms with Crippen molar-refractivity contribution in [3.63, 3.8) is 0 Å². The number of nitrogens with zero attached hydrogens (tertiary/aromatic N) is 2. The zero-order valence-corrected chi connectivity index (χ0v) is 12.0. The fourth-order valence-corrected chi connectivity index (χ4v) is 3.73. The van der Waals surface area contributed by atoms with Crippen LogP contribution in [0.25, 0.3) is 0 Å². The first-order chi connectivity index (χ1) is 8.90. The van der Waals surface area contributed by atoms with Crippen molar-refractivity contribution in [3.05, 3.63) is 12.4 Å². The third kappa shape index (κ3) is 3.22. The molecule has 0 aromatic carbocycles. The molecule has 1 heterocycles. The fraction of sp³-hybridized carbons (Fsp3) is 0.667. The van der Waals surface area contributed by atoms with Crippen LogP contribution in [0.5, 0.6) is 0 Å². The van der Waals surface area contributed by atoms with Crippen LogP contribution in [0.3, 0.4) is 0 Å². The van der Waals surface area contributed by atoms with Gasteiger partial charge in [-0.25, -0.2) is 23.1 Å². The molecule has 0 bridgehead atoms. The Morgan fingerprint density at radius 1 is 1.26 bits per heavy atom. The predicted octanol–water partition coefficient (Wildman–Crippen LogP) is 1.16. The highest BCUT2D eigenvalue weighted by molar-refractivity contribution is 7.89. The van der Waals surface area contributed by atoms with Crippen molar-refractivity contribution in [1.82, 2.24) is 14.7 Å². The minimum absolute atomic E-state index is 0.0219. The van der Waals surface area contributed by atoms with Crippen LogP contribution in [0.2, 0.25) is 0 Å². The van der Waals surface area contributed by atoms with E-state index in [1.165, 1.54) is 12.4 Å². The molecular formula is C12H20N4O2S. The lowest BCUT2D eigenvalue weighted by molar-refractivity contribution is 0.227. The zero-order chi connectivity index (χ0) is 14.0. The molecule has 0 radical (unpaired) electrons. The molecule has 6 nitrogen and oxygen atoms in total. The Bertz CT molecular complexity index is 529. The Labute approximate surface area is 113 Å². The summed E-state index contributed by atoms with van der Waals surface area (Å²) in [6.45, 7) is 4.26. The molecule has 0 amide bonds. The van der Waals surface area contributed by atoms with Crippen LogP contribution < -0.4 is 10.5 Å². The lowest BCUT2D eigenvalue weighted by Crippen LogP contribution is -2.43. The van der Waals surface area contributed by atoms with Gasteiger partial charge in [0.25, 0.3) is 0 Å². The van der Waals surface area contributed by atoms with Gasteiger partial charge in [0, 0.05) is 6.04 Å². The van der Waals surface area contributed by atoms with E-state index in [-0.39, 0.29) is 16.9 Å². The SMILES string of the molecule is CC1CCCC(NS(=O)(=O)c2cnc(N)nc2)C1C. The van der Waals surface area contributed by atoms with Gasteiger partial charge in [0.05, 0.1) is 12.4 Å². The van der Waals surface area contributed by atoms with Crippen LogP contribution >= 0.6 is 0 Å². The van der Waals surface area contributed by atoms with Crippen LogP contribution in [0.1, 0.15) is 33.1 Å². The Balaban J connectivity index is 2.15. The van der Waals surface area contributed by atoms with E-state index >= 15 is 0 Å². The summed E-state index contributed by atoms with van der Waals surface area (Å²) >= 11 is 0. The molecule has 0 aliphatic heterocycles. The van der Waals surface area contributed by atoms with Gasteiger partial charge in [-0.15, -0.1) is 0 Å². The summed E-state index contributed by atoms with van der Waals surface area (Å²) in [7, 11) is -3.56. The maximum atomic E-state index is 12.2. The molecule has 2 rings (SSSR count). The average Bonchev–Trinajstić information content (AvgIpc) is 2.35. The Morgan fingerprint density at radius 3 is 2.53 bits per heavy atom. The number of hydrogen-bond acceptors (Lipinski definition) is 5. The topological polar surface area (TPSA) is 98.0 Å². The van der Waals surface area contributed by atoms with Gasteiger partial charge in [0.1, 0.15) is 4.90 Å². The summed E-state index contributed by atoms with van der Waals surface area (Å²) in [5.74, 6) is 0.931. The molecule has 1 fully saturated rings. The summed E-state index contributed by atoms with van der Waals surface area (Å²) in [5, 5.41) is 0. The van der Waals surface area contributed by atoms with Gasteiger partial charge in [0.15, 0.2) is 0 Å². The number of nitrogens with two attached hydrogens (primary N) is 1. The van der Waals surface area contributed by atoms with Gasteiger partial charge >= 0.3 is 0 Å². The minimum Gasteiger partial charge on any atom is -0.368 e. The Kier molecular flexibility index (Phi) is 4.05. The molecule has 19 heavy (non-hydrogen) atoms. The zero-order valence-electron chi connectivity index (χ0n) is 11.2. The molecule has 3 atom stereocenters. The summed E-state index contributed by atoms with van der Waals surface area (Å²) in [4.78, 5) is 7.50. The molecule has 1 aromatic heterocycles. The van der Waals surface area contributed by atoms with Crippen molar-refractivity contribution in [1.29, 1.82) is 0 Å². The van der Waals surface area contributed by atoms with Crippen molar-refractivity contribution in [2.24, 2.45) is 11.8 Å². The van der Waals surface area contributed by atoms with Crippen molar-refractivity contribution in [3.8, 4) is 0 Å². The van der Waals surface area contributed by atoms with Crippen LogP contribution in [0.4, 0.5) is 5.95 Å². The molecule has 7 heteroatoms. The standard InChI is InChI=1S/C12H20N4O2S/c1-8-4-3-5-11(9(8)2)16-19(17,18)10-6-14-12(13)15-7-10/h6-9,11,16H,3-5H2,1-2H3,(H2,13,14,15). The van der Waals surface area contributed by atoms with E-state index in [1.54, 1.807) is 0 Å². The van der Waals surface area contributed by atoms with E-state index in [9.17, 15) is 8.42 Å². The van der Waals surface area contributed by atoms with Crippen molar-refractivity contribution in [2.75, 3.05) is 5.73 Å². The van der Waals surface area contributed by atoms with E-state index in [2.05, 4.69) is 28.5 Å². The second-order valence-electron chi connectivity index (χ2n) is 5.27. The van der Waals surface area contributed by atoms with E-state index in [0.29, 0.717) is 11.8 Å². The summed E-state index contributed by atoms with van der Waals surface area (Å²) < 4.78 is 27.2. The highest BCUT2D eigenvalue weighted by Gasteiger charge is 2.30. The molecule has 0 spiro atoms. The maximum absolute atomic E-state index is 12.2. The summed E-state index contributed by atoms with van der Waals surface area (Å²) in [6, 6.07) is -0.0219. The highest BCUT2D eigenvalue weighted by Crippen LogP contribution is 2.30. The molecule has 3 N–H and O–H groups in total. The smallest absolute Gasteiger partial charge is 0.243 e. The third-order valence-corrected chi connectivity index (χ3v) is 5.42. The summed E-state index contributed by atoms with van der Waals surface area (Å²) in [6.07, 6.45) is 5.56. The van der Waals surface area contributed by atoms with E-state index in [4.69, 9.17) is 5.73 Å². The largest absolute Gasteiger partial charge is 0.368 e. The number of sulfonamides is 1. The van der Waals surface area contributed by atoms with Crippen LogP contribution in [-0.4, -0.2) is 24.4 Å². The van der Waals surface area contributed by atoms with E-state index in [0.717, 1.165) is 19.3 Å². The summed E-state index contributed by atoms with van der Waals surface area (Å²) in [5.41, 5.74) is 5.36. The fourth-order valence-electron chi connectivity index (χ4n) is 2.48. The predicted molar refractivity (Wildman–Crippen MR) is 72.7 cm³/mol. The maximum Gasteiger partial charge on any atom is 0.243 e. The highest BCUT2D eigenvalue weighted by atomic mass is 32.2. The minimum atomic E-state index is -3.56. The van der Waals surface area contributed by atoms with Crippen molar-refractivity contribution in [2.45, 2.75) is 44.0 Å². The quantitative estimate of drug-likeness (QED) is 0.868. The second-order valence-corrected chi connectivity index (χ2v) is 6.99. The normalized spacial score (nSPS) is 28.2. The number of rotatable bonds is 3. The first-order valence-corrected chi connectivity index (χ1v) is 7.98. The lowest BCUT2D eigenvalue weighted by atomic mass is 9.78. The first kappa shape index (κ1) is 14.2. The number of nitrogen functional groups attached to an aromatic ring is 1. The van der Waals surface area contributed by atoms with Gasteiger partial charge < -0.3 is 5.73 Å². The number of hydrogen-bond donors (Lipinski definition) is 2. The van der Waals surface area contributed by atoms with Gasteiger partial charge in [-0.3, -0.25) is 0 Å². The van der Waals surface area contributed by atoms with Gasteiger partial charge in [-0.05, 0) is 18.3 Å². The van der Waals surface area contributed by atoms with Crippen molar-refractivity contribution >= 4 is 16.0 Å². The van der Waals surface area contributed by atoms with Crippen molar-refractivity contribution < 1.29 is 8.42 Å². The van der Waals surface area contributed by atoms with Gasteiger partial charge in [0.2, 0.25) is 16.0 Å². The van der Waals surface area contributed by atoms with Gasteiger partial charge in [-0.1, -0.05) is 26.7 Å².